The van der Waals surface area contributed by atoms with E-state index in [1.807, 2.05) is 19.2 Å². The van der Waals surface area contributed by atoms with Crippen LogP contribution >= 0.6 is 11.8 Å². The summed E-state index contributed by atoms with van der Waals surface area (Å²) in [6, 6.07) is 9.61. The van der Waals surface area contributed by atoms with E-state index in [0.29, 0.717) is 22.7 Å². The number of aromatic nitrogens is 1. The van der Waals surface area contributed by atoms with Gasteiger partial charge in [0.15, 0.2) is 0 Å². The summed E-state index contributed by atoms with van der Waals surface area (Å²) in [6.07, 6.45) is 3.49. The molecule has 0 radical (unpaired) electrons. The number of hydrogen-bond acceptors (Lipinski definition) is 4. The maximum Gasteiger partial charge on any atom is 0.256 e. The molecule has 0 unspecified atom stereocenters. The van der Waals surface area contributed by atoms with Crippen molar-refractivity contribution in [1.29, 1.82) is 5.26 Å². The maximum absolute atomic E-state index is 14.0. The number of nitrogens with zero attached hydrogens (tertiary/aromatic N) is 3. The zero-order valence-corrected chi connectivity index (χ0v) is 13.7. The highest BCUT2D eigenvalue weighted by molar-refractivity contribution is 7.98. The van der Waals surface area contributed by atoms with Crippen molar-refractivity contribution in [3.63, 3.8) is 0 Å². The van der Waals surface area contributed by atoms with Gasteiger partial charge in [0, 0.05) is 24.8 Å². The highest BCUT2D eigenvalue weighted by Gasteiger charge is 2.19. The Morgan fingerprint density at radius 1 is 1.43 bits per heavy atom. The van der Waals surface area contributed by atoms with Crippen LogP contribution in [0.2, 0.25) is 0 Å². The van der Waals surface area contributed by atoms with Crippen LogP contribution in [0.3, 0.4) is 0 Å². The Hall–Kier alpha value is -2.39. The number of thioether (sulfide) groups is 1. The number of carbonyl (C=O) groups excluding carboxylic acids is 1. The molecule has 2 aromatic rings. The number of rotatable bonds is 5. The van der Waals surface area contributed by atoms with E-state index in [0.717, 1.165) is 0 Å². The lowest BCUT2D eigenvalue weighted by atomic mass is 10.1. The predicted octanol–water partition coefficient (Wildman–Crippen LogP) is 3.48. The number of benzene rings is 1. The van der Waals surface area contributed by atoms with E-state index in [1.54, 1.807) is 35.4 Å². The molecule has 0 aliphatic heterocycles. The van der Waals surface area contributed by atoms with E-state index in [9.17, 15) is 9.18 Å². The van der Waals surface area contributed by atoms with Crippen molar-refractivity contribution in [2.24, 2.45) is 0 Å². The Labute approximate surface area is 139 Å². The third-order valence-corrected chi connectivity index (χ3v) is 4.12. The number of nitriles is 1. The Morgan fingerprint density at radius 3 is 2.83 bits per heavy atom. The molecule has 0 saturated carbocycles. The van der Waals surface area contributed by atoms with E-state index in [1.165, 1.54) is 17.8 Å². The second-order valence-electron chi connectivity index (χ2n) is 4.80. The lowest BCUT2D eigenvalue weighted by Crippen LogP contribution is -2.31. The molecular formula is C17H16FN3OS. The average molecular weight is 329 g/mol. The number of pyridine rings is 1. The van der Waals surface area contributed by atoms with Gasteiger partial charge in [0.25, 0.3) is 5.91 Å². The average Bonchev–Trinajstić information content (AvgIpc) is 2.60. The molecule has 0 N–H and O–H groups in total. The Morgan fingerprint density at radius 2 is 2.22 bits per heavy atom. The number of amides is 1. The standard InChI is InChI=1S/C17H16FN3OS/c1-3-21(11-13-7-6-12(10-19)9-15(13)18)17(22)14-5-4-8-20-16(14)23-2/h4-9H,3,11H2,1-2H3. The van der Waals surface area contributed by atoms with Gasteiger partial charge in [0.2, 0.25) is 0 Å². The van der Waals surface area contributed by atoms with Gasteiger partial charge in [-0.3, -0.25) is 4.79 Å². The molecule has 1 amide bonds. The normalized spacial score (nSPS) is 10.2. The molecule has 1 aromatic heterocycles. The number of hydrogen-bond donors (Lipinski definition) is 0. The fraction of sp³-hybridized carbons (Fsp3) is 0.235. The molecule has 0 saturated heterocycles. The quantitative estimate of drug-likeness (QED) is 0.788. The first kappa shape index (κ1) is 17.0. The fourth-order valence-electron chi connectivity index (χ4n) is 2.16. The summed E-state index contributed by atoms with van der Waals surface area (Å²) in [5, 5.41) is 9.43. The molecule has 6 heteroatoms. The summed E-state index contributed by atoms with van der Waals surface area (Å²) < 4.78 is 14.0. The van der Waals surface area contributed by atoms with Crippen LogP contribution in [-0.4, -0.2) is 28.6 Å². The third-order valence-electron chi connectivity index (χ3n) is 3.41. The van der Waals surface area contributed by atoms with Gasteiger partial charge in [0.05, 0.1) is 17.2 Å². The van der Waals surface area contributed by atoms with Crippen LogP contribution in [0.25, 0.3) is 0 Å². The molecule has 118 valence electrons. The zero-order chi connectivity index (χ0) is 16.8. The predicted molar refractivity (Wildman–Crippen MR) is 87.5 cm³/mol. The van der Waals surface area contributed by atoms with Gasteiger partial charge in [0.1, 0.15) is 10.8 Å². The first-order chi connectivity index (χ1) is 11.1. The molecule has 0 fully saturated rings. The number of carbonyl (C=O) groups is 1. The second-order valence-corrected chi connectivity index (χ2v) is 5.59. The van der Waals surface area contributed by atoms with Crippen LogP contribution in [-0.2, 0) is 6.54 Å². The molecule has 0 bridgehead atoms. The van der Waals surface area contributed by atoms with E-state index in [2.05, 4.69) is 4.98 Å². The van der Waals surface area contributed by atoms with Crippen LogP contribution in [0, 0.1) is 17.1 Å². The molecule has 0 spiro atoms. The van der Waals surface area contributed by atoms with Gasteiger partial charge < -0.3 is 4.90 Å². The van der Waals surface area contributed by atoms with Gasteiger partial charge >= 0.3 is 0 Å². The minimum atomic E-state index is -0.480. The topological polar surface area (TPSA) is 57.0 Å². The van der Waals surface area contributed by atoms with Crippen LogP contribution in [0.4, 0.5) is 4.39 Å². The number of halogens is 1. The van der Waals surface area contributed by atoms with Crippen LogP contribution in [0.15, 0.2) is 41.6 Å². The summed E-state index contributed by atoms with van der Waals surface area (Å²) in [5.74, 6) is -0.666. The molecule has 23 heavy (non-hydrogen) atoms. The van der Waals surface area contributed by atoms with Crippen molar-refractivity contribution in [3.05, 3.63) is 59.0 Å². The smallest absolute Gasteiger partial charge is 0.256 e. The van der Waals surface area contributed by atoms with E-state index in [-0.39, 0.29) is 18.0 Å². The highest BCUT2D eigenvalue weighted by Crippen LogP contribution is 2.20. The molecule has 2 rings (SSSR count). The summed E-state index contributed by atoms with van der Waals surface area (Å²) in [4.78, 5) is 18.4. The minimum absolute atomic E-state index is 0.148. The fourth-order valence-corrected chi connectivity index (χ4v) is 2.71. The third kappa shape index (κ3) is 3.88. The summed E-state index contributed by atoms with van der Waals surface area (Å²) in [7, 11) is 0. The van der Waals surface area contributed by atoms with Crippen molar-refractivity contribution in [1.82, 2.24) is 9.88 Å². The molecule has 1 heterocycles. The van der Waals surface area contributed by atoms with Gasteiger partial charge in [-0.25, -0.2) is 9.37 Å². The minimum Gasteiger partial charge on any atom is -0.334 e. The van der Waals surface area contributed by atoms with Crippen LogP contribution < -0.4 is 0 Å². The van der Waals surface area contributed by atoms with E-state index in [4.69, 9.17) is 5.26 Å². The maximum atomic E-state index is 14.0. The summed E-state index contributed by atoms with van der Waals surface area (Å²) >= 11 is 1.40. The lowest BCUT2D eigenvalue weighted by molar-refractivity contribution is 0.0747. The lowest BCUT2D eigenvalue weighted by Gasteiger charge is -2.22. The van der Waals surface area contributed by atoms with Gasteiger partial charge in [-0.1, -0.05) is 6.07 Å². The largest absolute Gasteiger partial charge is 0.334 e. The monoisotopic (exact) mass is 329 g/mol. The SMILES string of the molecule is CCN(Cc1ccc(C#N)cc1F)C(=O)c1cccnc1SC. The summed E-state index contributed by atoms with van der Waals surface area (Å²) in [5.41, 5.74) is 1.15. The Bertz CT molecular complexity index is 758. The first-order valence-corrected chi connectivity index (χ1v) is 8.30. The highest BCUT2D eigenvalue weighted by atomic mass is 32.2. The summed E-state index contributed by atoms with van der Waals surface area (Å²) in [6.45, 7) is 2.44. The van der Waals surface area contributed by atoms with Crippen molar-refractivity contribution in [3.8, 4) is 6.07 Å². The molecule has 0 atom stereocenters. The zero-order valence-electron chi connectivity index (χ0n) is 12.9. The Balaban J connectivity index is 2.26. The first-order valence-electron chi connectivity index (χ1n) is 7.07. The van der Waals surface area contributed by atoms with Crippen molar-refractivity contribution in [2.45, 2.75) is 18.5 Å². The second kappa shape index (κ2) is 7.75. The van der Waals surface area contributed by atoms with Gasteiger partial charge in [-0.2, -0.15) is 5.26 Å². The van der Waals surface area contributed by atoms with Crippen molar-refractivity contribution >= 4 is 17.7 Å². The van der Waals surface area contributed by atoms with Crippen molar-refractivity contribution in [2.75, 3.05) is 12.8 Å². The van der Waals surface area contributed by atoms with Crippen LogP contribution in [0.5, 0.6) is 0 Å². The molecule has 0 aliphatic rings. The molecule has 4 nitrogen and oxygen atoms in total. The molecule has 1 aromatic carbocycles. The van der Waals surface area contributed by atoms with E-state index >= 15 is 0 Å². The van der Waals surface area contributed by atoms with Crippen LogP contribution in [0.1, 0.15) is 28.4 Å². The van der Waals surface area contributed by atoms with Gasteiger partial charge in [-0.15, -0.1) is 11.8 Å². The Kier molecular flexibility index (Phi) is 5.72. The van der Waals surface area contributed by atoms with Crippen molar-refractivity contribution < 1.29 is 9.18 Å². The molecule has 0 aliphatic carbocycles. The van der Waals surface area contributed by atoms with Gasteiger partial charge in [-0.05, 0) is 37.4 Å². The van der Waals surface area contributed by atoms with E-state index < -0.39 is 5.82 Å². The molecular weight excluding hydrogens is 313 g/mol.